The molecule has 4 rings (SSSR count). The van der Waals surface area contributed by atoms with Gasteiger partial charge in [0.2, 0.25) is 0 Å². The standard InChI is InChI=1S/C24H26N4O2/c29-24(18-30-21-8-4-3-5-9-21)25-20-12-10-19(11-13-20)22-14-15-23(27-26-22)28-16-6-1-2-7-17-28/h3-5,8-15H,1-2,6-7,16-18H2,(H,25,29). The van der Waals surface area contributed by atoms with E-state index in [4.69, 9.17) is 4.74 Å². The topological polar surface area (TPSA) is 67.3 Å². The van der Waals surface area contributed by atoms with Crippen LogP contribution in [0.15, 0.2) is 66.7 Å². The molecule has 0 spiro atoms. The molecule has 154 valence electrons. The second-order valence-electron chi connectivity index (χ2n) is 7.41. The van der Waals surface area contributed by atoms with E-state index in [-0.39, 0.29) is 12.5 Å². The molecule has 0 unspecified atom stereocenters. The molecule has 1 N–H and O–H groups in total. The smallest absolute Gasteiger partial charge is 0.262 e. The molecular formula is C24H26N4O2. The molecule has 0 saturated carbocycles. The Morgan fingerprint density at radius 3 is 2.27 bits per heavy atom. The maximum atomic E-state index is 12.1. The van der Waals surface area contributed by atoms with Crippen molar-refractivity contribution < 1.29 is 9.53 Å². The maximum Gasteiger partial charge on any atom is 0.262 e. The number of para-hydroxylation sites is 1. The Morgan fingerprint density at radius 1 is 0.867 bits per heavy atom. The van der Waals surface area contributed by atoms with Gasteiger partial charge in [-0.3, -0.25) is 4.79 Å². The molecule has 6 nitrogen and oxygen atoms in total. The summed E-state index contributed by atoms with van der Waals surface area (Å²) in [5.41, 5.74) is 2.50. The number of nitrogens with one attached hydrogen (secondary N) is 1. The van der Waals surface area contributed by atoms with Crippen LogP contribution in [0.4, 0.5) is 11.5 Å². The van der Waals surface area contributed by atoms with Crippen LogP contribution < -0.4 is 15.0 Å². The third-order valence-electron chi connectivity index (χ3n) is 5.16. The number of hydrogen-bond donors (Lipinski definition) is 1. The maximum absolute atomic E-state index is 12.1. The van der Waals surface area contributed by atoms with Gasteiger partial charge in [0.15, 0.2) is 12.4 Å². The van der Waals surface area contributed by atoms with E-state index >= 15 is 0 Å². The molecule has 1 aliphatic rings. The lowest BCUT2D eigenvalue weighted by atomic mass is 10.1. The Kier molecular flexibility index (Phi) is 6.54. The molecule has 1 amide bonds. The van der Waals surface area contributed by atoms with Gasteiger partial charge in [-0.05, 0) is 49.2 Å². The monoisotopic (exact) mass is 402 g/mol. The van der Waals surface area contributed by atoms with E-state index in [9.17, 15) is 4.79 Å². The minimum Gasteiger partial charge on any atom is -0.484 e. The third-order valence-corrected chi connectivity index (χ3v) is 5.16. The first-order valence-electron chi connectivity index (χ1n) is 10.4. The molecule has 3 aromatic rings. The summed E-state index contributed by atoms with van der Waals surface area (Å²) in [6, 6.07) is 20.9. The lowest BCUT2D eigenvalue weighted by molar-refractivity contribution is -0.118. The zero-order chi connectivity index (χ0) is 20.6. The molecular weight excluding hydrogens is 376 g/mol. The fraction of sp³-hybridized carbons (Fsp3) is 0.292. The van der Waals surface area contributed by atoms with Gasteiger partial charge in [0.25, 0.3) is 5.91 Å². The number of ether oxygens (including phenoxy) is 1. The SMILES string of the molecule is O=C(COc1ccccc1)Nc1ccc(-c2ccc(N3CCCCCC3)nn2)cc1. The van der Waals surface area contributed by atoms with Crippen LogP contribution in [0.5, 0.6) is 5.75 Å². The van der Waals surface area contributed by atoms with Crippen molar-refractivity contribution in [1.29, 1.82) is 0 Å². The number of carbonyl (C=O) groups excluding carboxylic acids is 1. The summed E-state index contributed by atoms with van der Waals surface area (Å²) < 4.78 is 5.47. The Bertz CT molecular complexity index is 935. The van der Waals surface area contributed by atoms with Gasteiger partial charge >= 0.3 is 0 Å². The average molecular weight is 402 g/mol. The molecule has 0 radical (unpaired) electrons. The number of nitrogens with zero attached hydrogens (tertiary/aromatic N) is 3. The van der Waals surface area contributed by atoms with Gasteiger partial charge in [-0.2, -0.15) is 0 Å². The van der Waals surface area contributed by atoms with Crippen LogP contribution in [0.2, 0.25) is 0 Å². The Labute approximate surface area is 176 Å². The number of aromatic nitrogens is 2. The van der Waals surface area contributed by atoms with Crippen molar-refractivity contribution in [2.45, 2.75) is 25.7 Å². The van der Waals surface area contributed by atoms with Crippen molar-refractivity contribution in [3.05, 3.63) is 66.7 Å². The summed E-state index contributed by atoms with van der Waals surface area (Å²) in [5, 5.41) is 11.7. The van der Waals surface area contributed by atoms with Gasteiger partial charge < -0.3 is 15.0 Å². The Morgan fingerprint density at radius 2 is 1.60 bits per heavy atom. The zero-order valence-electron chi connectivity index (χ0n) is 17.0. The largest absolute Gasteiger partial charge is 0.484 e. The molecule has 6 heteroatoms. The van der Waals surface area contributed by atoms with Crippen LogP contribution in [0.25, 0.3) is 11.3 Å². The van der Waals surface area contributed by atoms with E-state index in [1.54, 1.807) is 0 Å². The third kappa shape index (κ3) is 5.35. The molecule has 30 heavy (non-hydrogen) atoms. The van der Waals surface area contributed by atoms with E-state index in [1.807, 2.05) is 66.7 Å². The highest BCUT2D eigenvalue weighted by Crippen LogP contribution is 2.22. The van der Waals surface area contributed by atoms with E-state index in [1.165, 1.54) is 25.7 Å². The van der Waals surface area contributed by atoms with Crippen molar-refractivity contribution in [3.8, 4) is 17.0 Å². The molecule has 1 aromatic heterocycles. The van der Waals surface area contributed by atoms with Crippen LogP contribution in [0, 0.1) is 0 Å². The lowest BCUT2D eigenvalue weighted by Gasteiger charge is -2.20. The number of benzene rings is 2. The molecule has 0 atom stereocenters. The van der Waals surface area contributed by atoms with Crippen LogP contribution in [-0.4, -0.2) is 35.8 Å². The highest BCUT2D eigenvalue weighted by molar-refractivity contribution is 5.92. The number of anilines is 2. The second kappa shape index (κ2) is 9.87. The van der Waals surface area contributed by atoms with Crippen molar-refractivity contribution in [1.82, 2.24) is 10.2 Å². The van der Waals surface area contributed by atoms with Crippen LogP contribution in [0.1, 0.15) is 25.7 Å². The highest BCUT2D eigenvalue weighted by atomic mass is 16.5. The highest BCUT2D eigenvalue weighted by Gasteiger charge is 2.12. The van der Waals surface area contributed by atoms with E-state index < -0.39 is 0 Å². The average Bonchev–Trinajstić information content (AvgIpc) is 3.09. The minimum absolute atomic E-state index is 0.0325. The molecule has 1 aliphatic heterocycles. The lowest BCUT2D eigenvalue weighted by Crippen LogP contribution is -2.25. The second-order valence-corrected chi connectivity index (χ2v) is 7.41. The normalized spacial score (nSPS) is 14.1. The summed E-state index contributed by atoms with van der Waals surface area (Å²) in [4.78, 5) is 14.4. The van der Waals surface area contributed by atoms with Gasteiger partial charge in [0.05, 0.1) is 5.69 Å². The number of amides is 1. The van der Waals surface area contributed by atoms with Gasteiger partial charge in [0, 0.05) is 24.3 Å². The molecule has 2 heterocycles. The summed E-state index contributed by atoms with van der Waals surface area (Å²) >= 11 is 0. The van der Waals surface area contributed by atoms with Crippen molar-refractivity contribution in [3.63, 3.8) is 0 Å². The summed E-state index contributed by atoms with van der Waals surface area (Å²) in [6.07, 6.45) is 5.02. The first-order valence-corrected chi connectivity index (χ1v) is 10.4. The van der Waals surface area contributed by atoms with Gasteiger partial charge in [0.1, 0.15) is 5.75 Å². The quantitative estimate of drug-likeness (QED) is 0.656. The van der Waals surface area contributed by atoms with E-state index in [2.05, 4.69) is 20.4 Å². The van der Waals surface area contributed by atoms with Gasteiger partial charge in [-0.1, -0.05) is 43.2 Å². The van der Waals surface area contributed by atoms with Crippen molar-refractivity contribution in [2.75, 3.05) is 29.9 Å². The van der Waals surface area contributed by atoms with E-state index in [0.29, 0.717) is 5.75 Å². The first-order chi connectivity index (χ1) is 14.8. The van der Waals surface area contributed by atoms with Crippen LogP contribution >= 0.6 is 0 Å². The van der Waals surface area contributed by atoms with Gasteiger partial charge in [-0.15, -0.1) is 10.2 Å². The number of carbonyl (C=O) groups is 1. The molecule has 0 aliphatic carbocycles. The van der Waals surface area contributed by atoms with Crippen molar-refractivity contribution >= 4 is 17.4 Å². The van der Waals surface area contributed by atoms with Crippen LogP contribution in [0.3, 0.4) is 0 Å². The molecule has 1 saturated heterocycles. The van der Waals surface area contributed by atoms with E-state index in [0.717, 1.165) is 35.9 Å². The summed E-state index contributed by atoms with van der Waals surface area (Å²) in [7, 11) is 0. The number of rotatable bonds is 6. The summed E-state index contributed by atoms with van der Waals surface area (Å²) in [5.74, 6) is 1.42. The Balaban J connectivity index is 1.33. The zero-order valence-corrected chi connectivity index (χ0v) is 17.0. The summed E-state index contributed by atoms with van der Waals surface area (Å²) in [6.45, 7) is 2.07. The first kappa shape index (κ1) is 19.9. The minimum atomic E-state index is -0.201. The van der Waals surface area contributed by atoms with Gasteiger partial charge in [-0.25, -0.2) is 0 Å². The fourth-order valence-corrected chi connectivity index (χ4v) is 3.53. The fourth-order valence-electron chi connectivity index (χ4n) is 3.53. The number of hydrogen-bond acceptors (Lipinski definition) is 5. The molecule has 1 fully saturated rings. The Hall–Kier alpha value is -3.41. The molecule has 2 aromatic carbocycles. The molecule has 0 bridgehead atoms. The predicted molar refractivity (Wildman–Crippen MR) is 119 cm³/mol. The van der Waals surface area contributed by atoms with Crippen LogP contribution in [-0.2, 0) is 4.79 Å². The predicted octanol–water partition coefficient (Wildman–Crippen LogP) is 4.54. The van der Waals surface area contributed by atoms with Crippen molar-refractivity contribution in [2.24, 2.45) is 0 Å².